The van der Waals surface area contributed by atoms with Crippen LogP contribution in [0.5, 0.6) is 0 Å². The Bertz CT molecular complexity index is 237. The van der Waals surface area contributed by atoms with Crippen LogP contribution >= 0.6 is 0 Å². The monoisotopic (exact) mass is 227 g/mol. The number of rotatable bonds is 7. The van der Waals surface area contributed by atoms with E-state index in [1.807, 2.05) is 20.8 Å². The Balaban J connectivity index is 4.12. The van der Waals surface area contributed by atoms with Crippen molar-refractivity contribution in [2.24, 2.45) is 17.1 Å². The number of hydrogen-bond acceptors (Lipinski definition) is 3. The van der Waals surface area contributed by atoms with Crippen LogP contribution in [0.4, 0.5) is 0 Å². The molecule has 0 heterocycles. The van der Waals surface area contributed by atoms with Gasteiger partial charge in [0.1, 0.15) is 5.72 Å². The van der Waals surface area contributed by atoms with E-state index >= 15 is 0 Å². The van der Waals surface area contributed by atoms with E-state index in [-0.39, 0.29) is 5.68 Å². The molecule has 0 rings (SSSR count). The molecule has 0 aliphatic carbocycles. The molecular weight excluding hydrogens is 201 g/mol. The van der Waals surface area contributed by atoms with Crippen molar-refractivity contribution in [1.29, 1.82) is 0 Å². The fourth-order valence-electron chi connectivity index (χ4n) is 1.09. The third-order valence-corrected chi connectivity index (χ3v) is 2.93. The zero-order chi connectivity index (χ0) is 13.0. The normalized spacial score (nSPS) is 16.2. The maximum absolute atomic E-state index is 11.3. The summed E-state index contributed by atoms with van der Waals surface area (Å²) in [5.41, 5.74) is 5.10. The molecule has 1 unspecified atom stereocenters. The van der Waals surface area contributed by atoms with Gasteiger partial charge >= 0.3 is 0 Å². The van der Waals surface area contributed by atoms with Gasteiger partial charge in [0.15, 0.2) is 7.85 Å². The van der Waals surface area contributed by atoms with Crippen LogP contribution in [-0.4, -0.2) is 25.9 Å². The second kappa shape index (κ2) is 5.83. The predicted molar refractivity (Wildman–Crippen MR) is 69.9 cm³/mol. The summed E-state index contributed by atoms with van der Waals surface area (Å²) >= 11 is 0. The molecule has 0 aromatic carbocycles. The summed E-state index contributed by atoms with van der Waals surface area (Å²) in [4.78, 5) is 11.3. The van der Waals surface area contributed by atoms with E-state index in [9.17, 15) is 4.79 Å². The van der Waals surface area contributed by atoms with E-state index < -0.39 is 11.1 Å². The maximum Gasteiger partial charge on any atom is 0.187 e. The van der Waals surface area contributed by atoms with Crippen molar-refractivity contribution in [3.63, 3.8) is 0 Å². The minimum Gasteiger partial charge on any atom is -0.360 e. The molecule has 0 amide bonds. The van der Waals surface area contributed by atoms with Crippen molar-refractivity contribution in [2.75, 3.05) is 6.61 Å². The molecule has 0 aromatic rings. The van der Waals surface area contributed by atoms with E-state index in [1.165, 1.54) is 0 Å². The van der Waals surface area contributed by atoms with Gasteiger partial charge in [-0.05, 0) is 25.7 Å². The van der Waals surface area contributed by atoms with Gasteiger partial charge in [-0.1, -0.05) is 27.7 Å². The van der Waals surface area contributed by atoms with Crippen molar-refractivity contribution in [1.82, 2.24) is 0 Å². The lowest BCUT2D eigenvalue weighted by molar-refractivity contribution is -0.127. The Hall–Kier alpha value is -0.345. The SMILES string of the molecule is BC(=O)C(C)(C)COC(C)(N)CCC(C)C. The fraction of sp³-hybridized carbons (Fsp3) is 0.917. The summed E-state index contributed by atoms with van der Waals surface area (Å²) in [5, 5.41) is 0. The van der Waals surface area contributed by atoms with Gasteiger partial charge in [-0.2, -0.15) is 0 Å². The molecule has 4 heteroatoms. The molecule has 0 spiro atoms. The van der Waals surface area contributed by atoms with Gasteiger partial charge < -0.3 is 15.3 Å². The topological polar surface area (TPSA) is 52.3 Å². The molecule has 16 heavy (non-hydrogen) atoms. The third kappa shape index (κ3) is 6.28. The molecule has 0 aromatic heterocycles. The Morgan fingerprint density at radius 3 is 2.25 bits per heavy atom. The molecule has 0 saturated carbocycles. The van der Waals surface area contributed by atoms with Gasteiger partial charge in [0.2, 0.25) is 0 Å². The Morgan fingerprint density at radius 2 is 1.88 bits per heavy atom. The Kier molecular flexibility index (Phi) is 5.70. The molecule has 0 bridgehead atoms. The first kappa shape index (κ1) is 15.7. The van der Waals surface area contributed by atoms with Crippen LogP contribution in [0.1, 0.15) is 47.5 Å². The number of hydrogen-bond donors (Lipinski definition) is 1. The molecule has 3 nitrogen and oxygen atoms in total. The van der Waals surface area contributed by atoms with Gasteiger partial charge in [-0.3, -0.25) is 0 Å². The molecule has 0 saturated heterocycles. The van der Waals surface area contributed by atoms with E-state index in [2.05, 4.69) is 13.8 Å². The highest BCUT2D eigenvalue weighted by molar-refractivity contribution is 6.58. The lowest BCUT2D eigenvalue weighted by atomic mass is 9.78. The average molecular weight is 227 g/mol. The van der Waals surface area contributed by atoms with Gasteiger partial charge in [0.05, 0.1) is 12.3 Å². The Morgan fingerprint density at radius 1 is 1.38 bits per heavy atom. The van der Waals surface area contributed by atoms with Crippen molar-refractivity contribution in [3.05, 3.63) is 0 Å². The highest BCUT2D eigenvalue weighted by Gasteiger charge is 2.28. The molecule has 0 aliphatic rings. The van der Waals surface area contributed by atoms with Gasteiger partial charge in [-0.15, -0.1) is 0 Å². The zero-order valence-corrected chi connectivity index (χ0v) is 11.6. The maximum atomic E-state index is 11.3. The largest absolute Gasteiger partial charge is 0.360 e. The summed E-state index contributed by atoms with van der Waals surface area (Å²) in [5.74, 6) is 0.618. The van der Waals surface area contributed by atoms with Crippen LogP contribution in [0.25, 0.3) is 0 Å². The summed E-state index contributed by atoms with van der Waals surface area (Å²) in [6.07, 6.45) is 1.85. The molecule has 0 fully saturated rings. The van der Waals surface area contributed by atoms with Crippen molar-refractivity contribution < 1.29 is 9.53 Å². The van der Waals surface area contributed by atoms with Crippen LogP contribution in [0.15, 0.2) is 0 Å². The zero-order valence-electron chi connectivity index (χ0n) is 11.6. The Labute approximate surface area is 101 Å². The van der Waals surface area contributed by atoms with Crippen LogP contribution in [-0.2, 0) is 9.53 Å². The van der Waals surface area contributed by atoms with Crippen LogP contribution in [0.3, 0.4) is 0 Å². The van der Waals surface area contributed by atoms with Gasteiger partial charge in [-0.25, -0.2) is 0 Å². The summed E-state index contributed by atoms with van der Waals surface area (Å²) < 4.78 is 5.66. The molecule has 94 valence electrons. The third-order valence-electron chi connectivity index (χ3n) is 2.93. The predicted octanol–water partition coefficient (Wildman–Crippen LogP) is 1.30. The number of ether oxygens (including phenoxy) is 1. The molecule has 0 aliphatic heterocycles. The lowest BCUT2D eigenvalue weighted by Crippen LogP contribution is -2.43. The molecule has 1 atom stereocenters. The summed E-state index contributed by atoms with van der Waals surface area (Å²) in [7, 11) is 1.59. The van der Waals surface area contributed by atoms with E-state index in [4.69, 9.17) is 10.5 Å². The van der Waals surface area contributed by atoms with Crippen LogP contribution in [0, 0.1) is 11.3 Å². The minimum atomic E-state index is -0.628. The second-order valence-corrected chi connectivity index (χ2v) is 5.97. The smallest absolute Gasteiger partial charge is 0.187 e. The van der Waals surface area contributed by atoms with E-state index in [0.717, 1.165) is 12.8 Å². The fourth-order valence-corrected chi connectivity index (χ4v) is 1.09. The number of nitrogens with two attached hydrogens (primary N) is 1. The first-order valence-electron chi connectivity index (χ1n) is 6.01. The first-order chi connectivity index (χ1) is 7.07. The first-order valence-corrected chi connectivity index (χ1v) is 6.01. The molecule has 0 radical (unpaired) electrons. The van der Waals surface area contributed by atoms with Gasteiger partial charge in [0, 0.05) is 5.41 Å². The van der Waals surface area contributed by atoms with Crippen LogP contribution in [0.2, 0.25) is 0 Å². The molecule has 2 N–H and O–H groups in total. The molecular formula is C12H26BNO2. The number of carbonyl (C=O) groups excluding carboxylic acids is 1. The quantitative estimate of drug-likeness (QED) is 0.526. The minimum absolute atomic E-state index is 0.132. The van der Waals surface area contributed by atoms with Crippen molar-refractivity contribution in [2.45, 2.75) is 53.2 Å². The summed E-state index contributed by atoms with van der Waals surface area (Å²) in [6, 6.07) is 0. The van der Waals surface area contributed by atoms with Gasteiger partial charge in [0.25, 0.3) is 0 Å². The van der Waals surface area contributed by atoms with Crippen molar-refractivity contribution in [3.8, 4) is 0 Å². The van der Waals surface area contributed by atoms with E-state index in [1.54, 1.807) is 7.85 Å². The lowest BCUT2D eigenvalue weighted by Gasteiger charge is -2.31. The van der Waals surface area contributed by atoms with E-state index in [0.29, 0.717) is 12.5 Å². The standard InChI is InChI=1S/C12H26BNO2/c1-9(2)6-7-12(5,14)16-8-11(3,4)10(13)15/h9H,6-8,13-14H2,1-5H3. The van der Waals surface area contributed by atoms with Crippen LogP contribution < -0.4 is 5.73 Å². The average Bonchev–Trinajstić information content (AvgIpc) is 2.12. The second-order valence-electron chi connectivity index (χ2n) is 5.97. The summed E-state index contributed by atoms with van der Waals surface area (Å²) in [6.45, 7) is 10.4. The highest BCUT2D eigenvalue weighted by atomic mass is 16.5. The highest BCUT2D eigenvalue weighted by Crippen LogP contribution is 2.21. The number of carbonyl (C=O) groups is 1. The van der Waals surface area contributed by atoms with Crippen molar-refractivity contribution >= 4 is 13.5 Å².